The van der Waals surface area contributed by atoms with Crippen molar-refractivity contribution in [1.29, 1.82) is 0 Å². The molecule has 0 saturated carbocycles. The molecule has 0 fully saturated rings. The maximum absolute atomic E-state index is 13.1. The fourth-order valence-corrected chi connectivity index (χ4v) is 2.17. The number of benzene rings is 1. The molecule has 0 amide bonds. The highest BCUT2D eigenvalue weighted by atomic mass is 19.4. The first-order valence-electron chi connectivity index (χ1n) is 6.63. The summed E-state index contributed by atoms with van der Waals surface area (Å²) in [5, 5.41) is 7.83. The van der Waals surface area contributed by atoms with Gasteiger partial charge in [0.25, 0.3) is 0 Å². The van der Waals surface area contributed by atoms with Gasteiger partial charge in [0.1, 0.15) is 5.82 Å². The van der Waals surface area contributed by atoms with Gasteiger partial charge in [-0.1, -0.05) is 32.0 Å². The van der Waals surface area contributed by atoms with Crippen LogP contribution in [-0.2, 0) is 19.3 Å². The summed E-state index contributed by atoms with van der Waals surface area (Å²) in [6, 6.07) is 5.37. The van der Waals surface area contributed by atoms with Crippen LogP contribution in [0.1, 0.15) is 25.2 Å². The molecule has 0 radical (unpaired) electrons. The molecule has 1 heterocycles. The lowest BCUT2D eigenvalue weighted by Gasteiger charge is -2.15. The van der Waals surface area contributed by atoms with Crippen LogP contribution in [0.4, 0.5) is 13.2 Å². The van der Waals surface area contributed by atoms with Crippen molar-refractivity contribution in [2.75, 3.05) is 0 Å². The lowest BCUT2D eigenvalue weighted by atomic mass is 10.1. The van der Waals surface area contributed by atoms with Crippen LogP contribution in [0.25, 0.3) is 11.4 Å². The molecular weight excluding hydrogens is 281 g/mol. The second-order valence-corrected chi connectivity index (χ2v) is 5.19. The zero-order valence-electron chi connectivity index (χ0n) is 11.9. The third-order valence-electron chi connectivity index (χ3n) is 3.03. The minimum atomic E-state index is -4.44. The molecule has 0 aliphatic carbocycles. The SMILES string of the molecule is CC(C)Cn1c(CN)nnc1-c1ccccc1C(F)(F)F. The van der Waals surface area contributed by atoms with E-state index < -0.39 is 11.7 Å². The maximum Gasteiger partial charge on any atom is 0.417 e. The number of nitrogens with two attached hydrogens (primary N) is 1. The van der Waals surface area contributed by atoms with Crippen LogP contribution in [0.5, 0.6) is 0 Å². The lowest BCUT2D eigenvalue weighted by Crippen LogP contribution is -2.14. The summed E-state index contributed by atoms with van der Waals surface area (Å²) < 4.78 is 41.1. The van der Waals surface area contributed by atoms with Crippen LogP contribution in [0, 0.1) is 5.92 Å². The van der Waals surface area contributed by atoms with Gasteiger partial charge in [-0.05, 0) is 12.0 Å². The number of aromatic nitrogens is 3. The van der Waals surface area contributed by atoms with E-state index in [1.165, 1.54) is 12.1 Å². The summed E-state index contributed by atoms with van der Waals surface area (Å²) in [6.07, 6.45) is -4.44. The number of hydrogen-bond acceptors (Lipinski definition) is 3. The average molecular weight is 298 g/mol. The molecule has 1 aromatic carbocycles. The lowest BCUT2D eigenvalue weighted by molar-refractivity contribution is -0.137. The summed E-state index contributed by atoms with van der Waals surface area (Å²) in [5.41, 5.74) is 4.91. The topological polar surface area (TPSA) is 56.7 Å². The van der Waals surface area contributed by atoms with Crippen molar-refractivity contribution < 1.29 is 13.2 Å². The molecule has 0 unspecified atom stereocenters. The van der Waals surface area contributed by atoms with E-state index in [1.807, 2.05) is 13.8 Å². The fourth-order valence-electron chi connectivity index (χ4n) is 2.17. The number of alkyl halides is 3. The van der Waals surface area contributed by atoms with Crippen LogP contribution < -0.4 is 5.73 Å². The Bertz CT molecular complexity index is 617. The van der Waals surface area contributed by atoms with Gasteiger partial charge in [-0.15, -0.1) is 10.2 Å². The van der Waals surface area contributed by atoms with Crippen molar-refractivity contribution in [1.82, 2.24) is 14.8 Å². The first kappa shape index (κ1) is 15.5. The molecule has 0 saturated heterocycles. The Balaban J connectivity index is 2.60. The van der Waals surface area contributed by atoms with E-state index in [4.69, 9.17) is 5.73 Å². The highest BCUT2D eigenvalue weighted by Crippen LogP contribution is 2.36. The second kappa shape index (κ2) is 5.85. The van der Waals surface area contributed by atoms with Crippen molar-refractivity contribution in [2.45, 2.75) is 33.1 Å². The smallest absolute Gasteiger partial charge is 0.324 e. The third-order valence-corrected chi connectivity index (χ3v) is 3.03. The van der Waals surface area contributed by atoms with Crippen LogP contribution in [0.3, 0.4) is 0 Å². The predicted octanol–water partition coefficient (Wildman–Crippen LogP) is 3.08. The Hall–Kier alpha value is -1.89. The van der Waals surface area contributed by atoms with E-state index in [0.29, 0.717) is 12.4 Å². The molecule has 2 rings (SSSR count). The van der Waals surface area contributed by atoms with Gasteiger partial charge in [0.2, 0.25) is 0 Å². The molecule has 0 aliphatic rings. The highest BCUT2D eigenvalue weighted by Gasteiger charge is 2.34. The third kappa shape index (κ3) is 3.24. The van der Waals surface area contributed by atoms with Crippen LogP contribution in [0.2, 0.25) is 0 Å². The van der Waals surface area contributed by atoms with Crippen molar-refractivity contribution in [3.05, 3.63) is 35.7 Å². The zero-order valence-corrected chi connectivity index (χ0v) is 11.9. The summed E-state index contributed by atoms with van der Waals surface area (Å²) >= 11 is 0. The van der Waals surface area contributed by atoms with Gasteiger partial charge in [0, 0.05) is 12.1 Å². The molecule has 4 nitrogen and oxygen atoms in total. The molecule has 2 aromatic rings. The Kier molecular flexibility index (Phi) is 4.32. The Morgan fingerprint density at radius 3 is 2.43 bits per heavy atom. The van der Waals surface area contributed by atoms with Gasteiger partial charge in [-0.25, -0.2) is 0 Å². The van der Waals surface area contributed by atoms with Crippen molar-refractivity contribution in [3.8, 4) is 11.4 Å². The quantitative estimate of drug-likeness (QED) is 0.943. The van der Waals surface area contributed by atoms with Gasteiger partial charge in [-0.3, -0.25) is 0 Å². The van der Waals surface area contributed by atoms with Gasteiger partial charge < -0.3 is 10.3 Å². The van der Waals surface area contributed by atoms with Crippen LogP contribution in [0.15, 0.2) is 24.3 Å². The van der Waals surface area contributed by atoms with E-state index in [9.17, 15) is 13.2 Å². The monoisotopic (exact) mass is 298 g/mol. The molecule has 114 valence electrons. The summed E-state index contributed by atoms with van der Waals surface area (Å²) in [6.45, 7) is 4.59. The maximum atomic E-state index is 13.1. The highest BCUT2D eigenvalue weighted by molar-refractivity contribution is 5.61. The molecule has 0 atom stereocenters. The Morgan fingerprint density at radius 1 is 1.19 bits per heavy atom. The van der Waals surface area contributed by atoms with E-state index in [0.717, 1.165) is 6.07 Å². The Labute approximate surface area is 120 Å². The van der Waals surface area contributed by atoms with Gasteiger partial charge in [0.05, 0.1) is 12.1 Å². The van der Waals surface area contributed by atoms with Crippen molar-refractivity contribution in [3.63, 3.8) is 0 Å². The van der Waals surface area contributed by atoms with E-state index in [1.54, 1.807) is 10.6 Å². The largest absolute Gasteiger partial charge is 0.417 e. The van der Waals surface area contributed by atoms with Crippen molar-refractivity contribution >= 4 is 0 Å². The molecular formula is C14H17F3N4. The molecule has 1 aromatic heterocycles. The summed E-state index contributed by atoms with van der Waals surface area (Å²) in [4.78, 5) is 0. The minimum absolute atomic E-state index is 0.0258. The first-order chi connectivity index (χ1) is 9.84. The average Bonchev–Trinajstić information content (AvgIpc) is 2.79. The van der Waals surface area contributed by atoms with E-state index in [2.05, 4.69) is 10.2 Å². The Morgan fingerprint density at radius 2 is 1.86 bits per heavy atom. The molecule has 0 bridgehead atoms. The normalized spacial score (nSPS) is 12.1. The summed E-state index contributed by atoms with van der Waals surface area (Å²) in [5.74, 6) is 0.927. The van der Waals surface area contributed by atoms with Gasteiger partial charge >= 0.3 is 6.18 Å². The van der Waals surface area contributed by atoms with Crippen LogP contribution in [-0.4, -0.2) is 14.8 Å². The summed E-state index contributed by atoms with van der Waals surface area (Å²) in [7, 11) is 0. The molecule has 0 spiro atoms. The molecule has 7 heteroatoms. The van der Waals surface area contributed by atoms with Gasteiger partial charge in [0.15, 0.2) is 5.82 Å². The number of rotatable bonds is 4. The number of nitrogens with zero attached hydrogens (tertiary/aromatic N) is 3. The second-order valence-electron chi connectivity index (χ2n) is 5.19. The van der Waals surface area contributed by atoms with E-state index in [-0.39, 0.29) is 23.9 Å². The number of hydrogen-bond donors (Lipinski definition) is 1. The molecule has 2 N–H and O–H groups in total. The first-order valence-corrected chi connectivity index (χ1v) is 6.63. The molecule has 0 aliphatic heterocycles. The predicted molar refractivity (Wildman–Crippen MR) is 73.2 cm³/mol. The van der Waals surface area contributed by atoms with Crippen LogP contribution >= 0.6 is 0 Å². The fraction of sp³-hybridized carbons (Fsp3) is 0.429. The van der Waals surface area contributed by atoms with Crippen molar-refractivity contribution in [2.24, 2.45) is 11.7 Å². The molecule has 21 heavy (non-hydrogen) atoms. The standard InChI is InChI=1S/C14H17F3N4/c1-9(2)8-21-12(7-18)19-20-13(21)10-5-3-4-6-11(10)14(15,16)17/h3-6,9H,7-8,18H2,1-2H3. The minimum Gasteiger partial charge on any atom is -0.324 e. The number of halogens is 3. The van der Waals surface area contributed by atoms with Gasteiger partial charge in [-0.2, -0.15) is 13.2 Å². The zero-order chi connectivity index (χ0) is 15.6. The van der Waals surface area contributed by atoms with E-state index >= 15 is 0 Å².